The summed E-state index contributed by atoms with van der Waals surface area (Å²) in [6.07, 6.45) is -0.790. The second-order valence-electron chi connectivity index (χ2n) is 8.88. The number of amides is 1. The van der Waals surface area contributed by atoms with E-state index in [1.54, 1.807) is 23.1 Å². The number of benzene rings is 3. The molecule has 4 atom stereocenters. The van der Waals surface area contributed by atoms with E-state index in [1.807, 2.05) is 66.7 Å². The minimum atomic E-state index is -0.545. The fourth-order valence-corrected chi connectivity index (χ4v) is 6.56. The van der Waals surface area contributed by atoms with E-state index in [-0.39, 0.29) is 30.6 Å². The molecule has 1 aliphatic rings. The zero-order valence-electron chi connectivity index (χ0n) is 20.1. The molecule has 186 valence electrons. The van der Waals surface area contributed by atoms with Crippen LogP contribution in [0.1, 0.15) is 42.9 Å². The molecule has 1 aromatic heterocycles. The number of carbonyl (C=O) groups is 1. The van der Waals surface area contributed by atoms with Gasteiger partial charge in [0.1, 0.15) is 0 Å². The zero-order chi connectivity index (χ0) is 25.1. The van der Waals surface area contributed by atoms with Crippen LogP contribution in [0.2, 0.25) is 0 Å². The number of thioether (sulfide) groups is 1. The third-order valence-corrected chi connectivity index (χ3v) is 8.54. The topological polar surface area (TPSA) is 80.7 Å². The van der Waals surface area contributed by atoms with Crippen molar-refractivity contribution in [1.29, 1.82) is 0 Å². The van der Waals surface area contributed by atoms with E-state index in [1.165, 1.54) is 11.6 Å². The lowest BCUT2D eigenvalue weighted by Crippen LogP contribution is -2.38. The summed E-state index contributed by atoms with van der Waals surface area (Å²) in [6.45, 7) is 3.66. The van der Waals surface area contributed by atoms with Crippen LogP contribution in [-0.2, 0) is 20.9 Å². The summed E-state index contributed by atoms with van der Waals surface area (Å²) in [6, 6.07) is 23.7. The Hall–Kier alpha value is -2.75. The van der Waals surface area contributed by atoms with Crippen molar-refractivity contribution in [1.82, 2.24) is 4.98 Å². The molecule has 6 nitrogen and oxygen atoms in total. The fourth-order valence-electron chi connectivity index (χ4n) is 4.30. The van der Waals surface area contributed by atoms with Crippen LogP contribution in [0.25, 0.3) is 10.2 Å². The van der Waals surface area contributed by atoms with Crippen LogP contribution in [-0.4, -0.2) is 27.9 Å². The quantitative estimate of drug-likeness (QED) is 0.277. The summed E-state index contributed by atoms with van der Waals surface area (Å²) >= 11 is 3.41. The van der Waals surface area contributed by atoms with Gasteiger partial charge in [0.25, 0.3) is 0 Å². The first-order chi connectivity index (χ1) is 17.5. The normalized spacial score (nSPS) is 22.0. The molecule has 0 aliphatic carbocycles. The molecule has 0 spiro atoms. The van der Waals surface area contributed by atoms with Crippen LogP contribution >= 0.6 is 23.1 Å². The van der Waals surface area contributed by atoms with E-state index in [2.05, 4.69) is 18.3 Å². The molecule has 2 N–H and O–H groups in total. The molecule has 1 aliphatic heterocycles. The van der Waals surface area contributed by atoms with Crippen molar-refractivity contribution in [2.45, 2.75) is 43.3 Å². The molecular weight excluding hydrogens is 492 g/mol. The van der Waals surface area contributed by atoms with Gasteiger partial charge in [0.15, 0.2) is 10.6 Å². The molecule has 3 aromatic carbocycles. The Balaban J connectivity index is 1.38. The van der Waals surface area contributed by atoms with Gasteiger partial charge in [-0.1, -0.05) is 67.2 Å². The third kappa shape index (κ3) is 5.63. The largest absolute Gasteiger partial charge is 0.392 e. The maximum Gasteiger partial charge on any atom is 0.221 e. The molecular formula is C28H28N2O4S2. The number of aliphatic hydroxyl groups excluding tert-OH is 1. The Kier molecular flexibility index (Phi) is 7.69. The van der Waals surface area contributed by atoms with E-state index in [9.17, 15) is 9.90 Å². The number of aliphatic hydroxyl groups is 1. The number of fused-ring (bicyclic) bond motifs is 1. The summed E-state index contributed by atoms with van der Waals surface area (Å²) in [5.74, 6) is 0.734. The Morgan fingerprint density at radius 3 is 2.44 bits per heavy atom. The molecule has 1 amide bonds. The molecule has 0 radical (unpaired) electrons. The highest BCUT2D eigenvalue weighted by molar-refractivity contribution is 8.01. The van der Waals surface area contributed by atoms with E-state index in [4.69, 9.17) is 14.5 Å². The number of aromatic nitrogens is 1. The first-order valence-electron chi connectivity index (χ1n) is 11.9. The molecule has 1 fully saturated rings. The van der Waals surface area contributed by atoms with Gasteiger partial charge in [-0.25, -0.2) is 4.98 Å². The van der Waals surface area contributed by atoms with Gasteiger partial charge in [-0.3, -0.25) is 4.79 Å². The molecule has 2 heterocycles. The predicted molar refractivity (Wildman–Crippen MR) is 144 cm³/mol. The lowest BCUT2D eigenvalue weighted by atomic mass is 9.91. The molecule has 4 unspecified atom stereocenters. The van der Waals surface area contributed by atoms with Crippen molar-refractivity contribution in [2.24, 2.45) is 5.92 Å². The van der Waals surface area contributed by atoms with Crippen molar-refractivity contribution in [3.8, 4) is 0 Å². The van der Waals surface area contributed by atoms with Gasteiger partial charge < -0.3 is 19.9 Å². The van der Waals surface area contributed by atoms with Crippen molar-refractivity contribution in [3.05, 3.63) is 89.5 Å². The third-order valence-electron chi connectivity index (χ3n) is 6.27. The SMILES string of the molecule is CC(=O)Nc1ccc(C2OC(CSc3nc4ccccc4s3)C(C)C(c3ccc(CO)cc3)O2)cc1. The summed E-state index contributed by atoms with van der Waals surface area (Å²) in [7, 11) is 0. The smallest absolute Gasteiger partial charge is 0.221 e. The summed E-state index contributed by atoms with van der Waals surface area (Å²) < 4.78 is 15.2. The fraction of sp³-hybridized carbons (Fsp3) is 0.286. The van der Waals surface area contributed by atoms with Gasteiger partial charge >= 0.3 is 0 Å². The Morgan fingerprint density at radius 1 is 1.03 bits per heavy atom. The first-order valence-corrected chi connectivity index (χ1v) is 13.7. The number of nitrogens with one attached hydrogen (secondary N) is 1. The van der Waals surface area contributed by atoms with E-state index >= 15 is 0 Å². The standard InChI is InChI=1S/C28H28N2O4S2/c1-17-24(16-35-28-30-23-5-3-4-6-25(23)36-28)33-27(21-11-13-22(14-12-21)29-18(2)32)34-26(17)20-9-7-19(15-31)8-10-20/h3-14,17,24,26-27,31H,15-16H2,1-2H3,(H,29,32). The van der Waals surface area contributed by atoms with Crippen molar-refractivity contribution < 1.29 is 19.4 Å². The monoisotopic (exact) mass is 520 g/mol. The number of para-hydroxylation sites is 1. The lowest BCUT2D eigenvalue weighted by molar-refractivity contribution is -0.268. The number of carbonyl (C=O) groups excluding carboxylic acids is 1. The number of hydrogen-bond acceptors (Lipinski definition) is 7. The highest BCUT2D eigenvalue weighted by atomic mass is 32.2. The van der Waals surface area contributed by atoms with Gasteiger partial charge in [0.05, 0.1) is 29.0 Å². The van der Waals surface area contributed by atoms with E-state index in [0.717, 1.165) is 38.0 Å². The van der Waals surface area contributed by atoms with Gasteiger partial charge in [-0.05, 0) is 35.4 Å². The zero-order valence-corrected chi connectivity index (χ0v) is 21.7. The molecule has 1 saturated heterocycles. The minimum Gasteiger partial charge on any atom is -0.392 e. The molecule has 0 bridgehead atoms. The Morgan fingerprint density at radius 2 is 1.75 bits per heavy atom. The second kappa shape index (κ2) is 11.1. The average molecular weight is 521 g/mol. The van der Waals surface area contributed by atoms with Crippen LogP contribution in [0.4, 0.5) is 5.69 Å². The minimum absolute atomic E-state index is 0.00910. The van der Waals surface area contributed by atoms with E-state index < -0.39 is 6.29 Å². The molecule has 0 saturated carbocycles. The molecule has 4 aromatic rings. The number of ether oxygens (including phenoxy) is 2. The Bertz CT molecular complexity index is 1290. The highest BCUT2D eigenvalue weighted by Crippen LogP contribution is 2.43. The summed E-state index contributed by atoms with van der Waals surface area (Å²) in [5.41, 5.74) is 4.56. The van der Waals surface area contributed by atoms with Gasteiger partial charge in [0.2, 0.25) is 5.91 Å². The van der Waals surface area contributed by atoms with Gasteiger partial charge in [0, 0.05) is 29.8 Å². The maximum atomic E-state index is 11.4. The molecule has 5 rings (SSSR count). The highest BCUT2D eigenvalue weighted by Gasteiger charge is 2.38. The van der Waals surface area contributed by atoms with Crippen LogP contribution < -0.4 is 5.32 Å². The molecule has 8 heteroatoms. The van der Waals surface area contributed by atoms with Gasteiger partial charge in [-0.2, -0.15) is 0 Å². The number of nitrogens with zero attached hydrogens (tertiary/aromatic N) is 1. The molecule has 36 heavy (non-hydrogen) atoms. The maximum absolute atomic E-state index is 11.4. The average Bonchev–Trinajstić information content (AvgIpc) is 3.31. The first kappa shape index (κ1) is 24.9. The predicted octanol–water partition coefficient (Wildman–Crippen LogP) is 6.33. The van der Waals surface area contributed by atoms with Crippen LogP contribution in [0.3, 0.4) is 0 Å². The number of rotatable bonds is 7. The van der Waals surface area contributed by atoms with E-state index in [0.29, 0.717) is 0 Å². The van der Waals surface area contributed by atoms with Crippen LogP contribution in [0.15, 0.2) is 77.1 Å². The lowest BCUT2D eigenvalue weighted by Gasteiger charge is -2.41. The van der Waals surface area contributed by atoms with Crippen LogP contribution in [0, 0.1) is 5.92 Å². The summed E-state index contributed by atoms with van der Waals surface area (Å²) in [4.78, 5) is 16.2. The Labute approximate surface area is 218 Å². The summed E-state index contributed by atoms with van der Waals surface area (Å²) in [5, 5.41) is 12.2. The van der Waals surface area contributed by atoms with Crippen molar-refractivity contribution >= 4 is 44.9 Å². The second-order valence-corrected chi connectivity index (χ2v) is 11.2. The van der Waals surface area contributed by atoms with Crippen molar-refractivity contribution in [2.75, 3.05) is 11.1 Å². The number of anilines is 1. The van der Waals surface area contributed by atoms with Crippen LogP contribution in [0.5, 0.6) is 0 Å². The number of hydrogen-bond donors (Lipinski definition) is 2. The van der Waals surface area contributed by atoms with Crippen molar-refractivity contribution in [3.63, 3.8) is 0 Å². The van der Waals surface area contributed by atoms with Gasteiger partial charge in [-0.15, -0.1) is 11.3 Å². The number of thiazole rings is 1.